The monoisotopic (exact) mass is 397 g/mol. The van der Waals surface area contributed by atoms with Crippen molar-refractivity contribution in [2.75, 3.05) is 13.7 Å². The van der Waals surface area contributed by atoms with Crippen LogP contribution in [0.2, 0.25) is 0 Å². The van der Waals surface area contributed by atoms with Gasteiger partial charge in [0.1, 0.15) is 17.1 Å². The zero-order chi connectivity index (χ0) is 21.0. The van der Waals surface area contributed by atoms with E-state index < -0.39 is 5.63 Å². The Morgan fingerprint density at radius 2 is 1.79 bits per heavy atom. The van der Waals surface area contributed by atoms with Crippen LogP contribution in [0.4, 0.5) is 4.39 Å². The maximum atomic E-state index is 12.9. The van der Waals surface area contributed by atoms with Crippen LogP contribution in [-0.4, -0.2) is 19.6 Å². The van der Waals surface area contributed by atoms with E-state index in [1.54, 1.807) is 19.2 Å². The van der Waals surface area contributed by atoms with Gasteiger partial charge in [-0.2, -0.15) is 0 Å². The van der Waals surface area contributed by atoms with Crippen molar-refractivity contribution in [1.82, 2.24) is 5.32 Å². The third-order valence-corrected chi connectivity index (χ3v) is 5.13. The molecule has 0 spiro atoms. The topological polar surface area (TPSA) is 68.5 Å². The lowest BCUT2D eigenvalue weighted by Gasteiger charge is -2.11. The fourth-order valence-electron chi connectivity index (χ4n) is 3.41. The van der Waals surface area contributed by atoms with Crippen LogP contribution in [0.15, 0.2) is 45.6 Å². The molecular formula is C23H24FNO4. The van der Waals surface area contributed by atoms with Gasteiger partial charge in [0.15, 0.2) is 0 Å². The normalized spacial score (nSPS) is 10.9. The maximum absolute atomic E-state index is 12.9. The van der Waals surface area contributed by atoms with Crippen molar-refractivity contribution in [1.29, 1.82) is 0 Å². The smallest absolute Gasteiger partial charge is 0.339 e. The van der Waals surface area contributed by atoms with Crippen LogP contribution in [0.25, 0.3) is 11.0 Å². The third kappa shape index (κ3) is 4.65. The molecule has 3 aromatic rings. The molecular weight excluding hydrogens is 373 g/mol. The number of aryl methyl sites for hydroxylation is 2. The van der Waals surface area contributed by atoms with Crippen molar-refractivity contribution in [2.24, 2.45) is 0 Å². The number of benzene rings is 2. The molecule has 3 rings (SSSR count). The molecule has 5 nitrogen and oxygen atoms in total. The fourth-order valence-corrected chi connectivity index (χ4v) is 3.41. The Morgan fingerprint density at radius 3 is 2.48 bits per heavy atom. The van der Waals surface area contributed by atoms with Crippen molar-refractivity contribution in [3.63, 3.8) is 0 Å². The van der Waals surface area contributed by atoms with Gasteiger partial charge < -0.3 is 14.5 Å². The van der Waals surface area contributed by atoms with Crippen LogP contribution in [0, 0.1) is 19.7 Å². The largest absolute Gasteiger partial charge is 0.496 e. The van der Waals surface area contributed by atoms with Gasteiger partial charge in [0.25, 0.3) is 0 Å². The highest BCUT2D eigenvalue weighted by molar-refractivity contribution is 5.85. The first-order valence-electron chi connectivity index (χ1n) is 9.51. The first-order valence-corrected chi connectivity index (χ1v) is 9.51. The van der Waals surface area contributed by atoms with Crippen LogP contribution in [0.1, 0.15) is 28.7 Å². The molecule has 0 saturated heterocycles. The molecule has 0 aliphatic rings. The number of carbonyl (C=O) groups excluding carboxylic acids is 1. The molecule has 1 aromatic heterocycles. The lowest BCUT2D eigenvalue weighted by atomic mass is 10.00. The number of ether oxygens (including phenoxy) is 1. The number of amides is 1. The van der Waals surface area contributed by atoms with E-state index in [4.69, 9.17) is 9.15 Å². The van der Waals surface area contributed by atoms with Crippen LogP contribution >= 0.6 is 0 Å². The summed E-state index contributed by atoms with van der Waals surface area (Å²) in [5.41, 5.74) is 3.14. The van der Waals surface area contributed by atoms with Crippen LogP contribution in [0.3, 0.4) is 0 Å². The van der Waals surface area contributed by atoms with Crippen LogP contribution in [0.5, 0.6) is 5.75 Å². The van der Waals surface area contributed by atoms with E-state index in [1.165, 1.54) is 12.1 Å². The van der Waals surface area contributed by atoms with Gasteiger partial charge in [0.2, 0.25) is 5.91 Å². The number of hydrogen-bond acceptors (Lipinski definition) is 4. The minimum absolute atomic E-state index is 0.142. The molecule has 0 atom stereocenters. The molecule has 0 fully saturated rings. The molecule has 0 unspecified atom stereocenters. The highest BCUT2D eigenvalue weighted by Crippen LogP contribution is 2.29. The quantitative estimate of drug-likeness (QED) is 0.615. The lowest BCUT2D eigenvalue weighted by Crippen LogP contribution is -2.26. The second-order valence-electron chi connectivity index (χ2n) is 6.99. The first-order chi connectivity index (χ1) is 13.9. The number of fused-ring (bicyclic) bond motifs is 1. The standard InChI is InChI=1S/C23H24FNO4/c1-14-18-8-10-20(28-3)15(2)22(18)29-23(27)19(14)9-11-21(26)25-13-12-16-4-6-17(24)7-5-16/h4-8,10H,9,11-13H2,1-3H3,(H,25,26). The summed E-state index contributed by atoms with van der Waals surface area (Å²) in [7, 11) is 1.57. The Hall–Kier alpha value is -3.15. The molecule has 6 heteroatoms. The molecule has 1 heterocycles. The Kier molecular flexibility index (Phi) is 6.32. The van der Waals surface area contributed by atoms with E-state index in [0.717, 1.165) is 22.1 Å². The molecule has 1 amide bonds. The summed E-state index contributed by atoms with van der Waals surface area (Å²) in [6.07, 6.45) is 1.11. The molecule has 152 valence electrons. The van der Waals surface area contributed by atoms with Gasteiger partial charge >= 0.3 is 5.63 Å². The summed E-state index contributed by atoms with van der Waals surface area (Å²) < 4.78 is 23.7. The molecule has 1 N–H and O–H groups in total. The van der Waals surface area contributed by atoms with Gasteiger partial charge in [-0.05, 0) is 62.1 Å². The number of carbonyl (C=O) groups is 1. The Morgan fingerprint density at radius 1 is 1.07 bits per heavy atom. The molecule has 0 saturated carbocycles. The summed E-state index contributed by atoms with van der Waals surface area (Å²) in [4.78, 5) is 24.6. The van der Waals surface area contributed by atoms with Gasteiger partial charge in [0, 0.05) is 29.5 Å². The summed E-state index contributed by atoms with van der Waals surface area (Å²) in [5.74, 6) is 0.237. The second kappa shape index (κ2) is 8.90. The second-order valence-corrected chi connectivity index (χ2v) is 6.99. The average molecular weight is 397 g/mol. The molecule has 0 bridgehead atoms. The Labute approximate surface area is 168 Å². The van der Waals surface area contributed by atoms with Crippen molar-refractivity contribution in [2.45, 2.75) is 33.1 Å². The summed E-state index contributed by atoms with van der Waals surface area (Å²) in [6.45, 7) is 4.17. The molecule has 29 heavy (non-hydrogen) atoms. The number of methoxy groups -OCH3 is 1. The first kappa shape index (κ1) is 20.6. The number of hydrogen-bond donors (Lipinski definition) is 1. The van der Waals surface area contributed by atoms with E-state index in [2.05, 4.69) is 5.32 Å². The minimum atomic E-state index is -0.425. The van der Waals surface area contributed by atoms with Crippen molar-refractivity contribution in [3.05, 3.63) is 74.9 Å². The molecule has 0 radical (unpaired) electrons. The molecule has 0 aliphatic carbocycles. The predicted molar refractivity (Wildman–Crippen MR) is 110 cm³/mol. The highest BCUT2D eigenvalue weighted by Gasteiger charge is 2.16. The fraction of sp³-hybridized carbons (Fsp3) is 0.304. The van der Waals surface area contributed by atoms with Crippen molar-refractivity contribution in [3.8, 4) is 5.75 Å². The maximum Gasteiger partial charge on any atom is 0.339 e. The number of nitrogens with one attached hydrogen (secondary N) is 1. The van der Waals surface area contributed by atoms with Crippen LogP contribution in [-0.2, 0) is 17.6 Å². The van der Waals surface area contributed by atoms with Crippen molar-refractivity contribution < 1.29 is 18.3 Å². The Bertz CT molecular complexity index is 1090. The lowest BCUT2D eigenvalue weighted by molar-refractivity contribution is -0.121. The van der Waals surface area contributed by atoms with Crippen LogP contribution < -0.4 is 15.7 Å². The van der Waals surface area contributed by atoms with E-state index in [0.29, 0.717) is 36.3 Å². The summed E-state index contributed by atoms with van der Waals surface area (Å²) in [5, 5.41) is 3.68. The summed E-state index contributed by atoms with van der Waals surface area (Å²) >= 11 is 0. The predicted octanol–water partition coefficient (Wildman–Crippen LogP) is 3.85. The SMILES string of the molecule is COc1ccc2c(C)c(CCC(=O)NCCc3ccc(F)cc3)c(=O)oc2c1C. The van der Waals surface area contributed by atoms with Gasteiger partial charge in [-0.25, -0.2) is 9.18 Å². The summed E-state index contributed by atoms with van der Waals surface area (Å²) in [6, 6.07) is 9.90. The van der Waals surface area contributed by atoms with Gasteiger partial charge in [-0.15, -0.1) is 0 Å². The van der Waals surface area contributed by atoms with Gasteiger partial charge in [-0.3, -0.25) is 4.79 Å². The molecule has 2 aromatic carbocycles. The highest BCUT2D eigenvalue weighted by atomic mass is 19.1. The van der Waals surface area contributed by atoms with E-state index in [9.17, 15) is 14.0 Å². The number of rotatable bonds is 7. The van der Waals surface area contributed by atoms with Gasteiger partial charge in [0.05, 0.1) is 7.11 Å². The molecule has 0 aliphatic heterocycles. The average Bonchev–Trinajstić information content (AvgIpc) is 2.70. The van der Waals surface area contributed by atoms with Crippen molar-refractivity contribution >= 4 is 16.9 Å². The van der Waals surface area contributed by atoms with E-state index in [-0.39, 0.29) is 18.1 Å². The third-order valence-electron chi connectivity index (χ3n) is 5.13. The van der Waals surface area contributed by atoms with E-state index in [1.807, 2.05) is 26.0 Å². The zero-order valence-electron chi connectivity index (χ0n) is 16.8. The van der Waals surface area contributed by atoms with Gasteiger partial charge in [-0.1, -0.05) is 12.1 Å². The minimum Gasteiger partial charge on any atom is -0.496 e. The number of halogens is 1. The van der Waals surface area contributed by atoms with E-state index >= 15 is 0 Å². The Balaban J connectivity index is 1.64. The zero-order valence-corrected chi connectivity index (χ0v) is 16.8.